The van der Waals surface area contributed by atoms with Gasteiger partial charge in [0.1, 0.15) is 5.75 Å². The first-order chi connectivity index (χ1) is 11.1. The van der Waals surface area contributed by atoms with Crippen LogP contribution in [0.15, 0.2) is 36.4 Å². The Morgan fingerprint density at radius 3 is 2.61 bits per heavy atom. The number of thiazole rings is 1. The third-order valence-corrected chi connectivity index (χ3v) is 4.99. The number of hydrogen-bond acceptors (Lipinski definition) is 4. The second-order valence-corrected chi connectivity index (χ2v) is 7.00. The summed E-state index contributed by atoms with van der Waals surface area (Å²) in [6.07, 6.45) is 0. The maximum atomic E-state index is 5.59. The van der Waals surface area contributed by atoms with Crippen molar-refractivity contribution in [1.82, 2.24) is 4.98 Å². The summed E-state index contributed by atoms with van der Waals surface area (Å²) in [5.41, 5.74) is 4.74. The van der Waals surface area contributed by atoms with Gasteiger partial charge in [0.05, 0.1) is 17.3 Å². The van der Waals surface area contributed by atoms with Crippen LogP contribution in [0.3, 0.4) is 0 Å². The van der Waals surface area contributed by atoms with E-state index in [0.29, 0.717) is 5.92 Å². The predicted molar refractivity (Wildman–Crippen MR) is 98.8 cm³/mol. The van der Waals surface area contributed by atoms with E-state index in [2.05, 4.69) is 56.4 Å². The van der Waals surface area contributed by atoms with Crippen LogP contribution < -0.4 is 10.1 Å². The van der Waals surface area contributed by atoms with Crippen LogP contribution in [0.4, 0.5) is 5.13 Å². The van der Waals surface area contributed by atoms with E-state index in [1.165, 1.54) is 15.8 Å². The summed E-state index contributed by atoms with van der Waals surface area (Å²) in [7, 11) is 1.74. The molecule has 0 atom stereocenters. The van der Waals surface area contributed by atoms with E-state index in [4.69, 9.17) is 9.72 Å². The van der Waals surface area contributed by atoms with Gasteiger partial charge in [-0.05, 0) is 30.0 Å². The lowest BCUT2D eigenvalue weighted by Gasteiger charge is -2.13. The quantitative estimate of drug-likeness (QED) is 0.686. The lowest BCUT2D eigenvalue weighted by Crippen LogP contribution is -1.98. The van der Waals surface area contributed by atoms with Crippen molar-refractivity contribution >= 4 is 26.7 Å². The zero-order chi connectivity index (χ0) is 16.4. The third kappa shape index (κ3) is 3.17. The normalized spacial score (nSPS) is 11.2. The fourth-order valence-corrected chi connectivity index (χ4v) is 4.01. The van der Waals surface area contributed by atoms with Crippen LogP contribution in [0, 0.1) is 6.92 Å². The molecule has 0 aliphatic rings. The molecule has 0 amide bonds. The first-order valence-electron chi connectivity index (χ1n) is 7.86. The van der Waals surface area contributed by atoms with Crippen molar-refractivity contribution in [1.29, 1.82) is 0 Å². The van der Waals surface area contributed by atoms with Gasteiger partial charge >= 0.3 is 0 Å². The molecule has 120 valence electrons. The average Bonchev–Trinajstić information content (AvgIpc) is 2.97. The highest BCUT2D eigenvalue weighted by atomic mass is 32.1. The molecule has 1 N–H and O–H groups in total. The number of aromatic nitrogens is 1. The standard InChI is InChI=1S/C19H22N2OS/c1-12(2)16-15(22-4)10-13(3)17-18(16)23-19(21-17)20-11-14-8-6-5-7-9-14/h5-10,12H,11H2,1-4H3,(H,20,21). The van der Waals surface area contributed by atoms with Gasteiger partial charge in [0, 0.05) is 12.1 Å². The van der Waals surface area contributed by atoms with E-state index in [9.17, 15) is 0 Å². The molecule has 0 saturated carbocycles. The predicted octanol–water partition coefficient (Wildman–Crippen LogP) is 5.35. The highest BCUT2D eigenvalue weighted by molar-refractivity contribution is 7.22. The number of anilines is 1. The van der Waals surface area contributed by atoms with Gasteiger partial charge in [-0.3, -0.25) is 0 Å². The Morgan fingerprint density at radius 1 is 1.22 bits per heavy atom. The van der Waals surface area contributed by atoms with Gasteiger partial charge in [-0.2, -0.15) is 0 Å². The Bertz CT molecular complexity index is 809. The number of aryl methyl sites for hydroxylation is 1. The van der Waals surface area contributed by atoms with E-state index in [1.54, 1.807) is 18.4 Å². The fraction of sp³-hybridized carbons (Fsp3) is 0.316. The van der Waals surface area contributed by atoms with Crippen LogP contribution in [-0.4, -0.2) is 12.1 Å². The lowest BCUT2D eigenvalue weighted by atomic mass is 9.99. The van der Waals surface area contributed by atoms with E-state index < -0.39 is 0 Å². The molecule has 3 nitrogen and oxygen atoms in total. The molecular formula is C19H22N2OS. The lowest BCUT2D eigenvalue weighted by molar-refractivity contribution is 0.408. The van der Waals surface area contributed by atoms with Gasteiger partial charge < -0.3 is 10.1 Å². The van der Waals surface area contributed by atoms with Gasteiger partial charge in [-0.15, -0.1) is 0 Å². The molecule has 0 aliphatic carbocycles. The number of hydrogen-bond donors (Lipinski definition) is 1. The van der Waals surface area contributed by atoms with Crippen molar-refractivity contribution in [3.05, 3.63) is 53.1 Å². The van der Waals surface area contributed by atoms with Crippen molar-refractivity contribution in [2.45, 2.75) is 33.2 Å². The second-order valence-electron chi connectivity index (χ2n) is 6.00. The number of methoxy groups -OCH3 is 1. The monoisotopic (exact) mass is 326 g/mol. The summed E-state index contributed by atoms with van der Waals surface area (Å²) < 4.78 is 6.82. The Labute approximate surface area is 141 Å². The van der Waals surface area contributed by atoms with Crippen LogP contribution in [0.5, 0.6) is 5.75 Å². The maximum Gasteiger partial charge on any atom is 0.184 e. The van der Waals surface area contributed by atoms with E-state index in [0.717, 1.165) is 28.5 Å². The highest BCUT2D eigenvalue weighted by Gasteiger charge is 2.18. The zero-order valence-electron chi connectivity index (χ0n) is 14.0. The molecule has 4 heteroatoms. The van der Waals surface area contributed by atoms with E-state index in [-0.39, 0.29) is 0 Å². The Morgan fingerprint density at radius 2 is 1.96 bits per heavy atom. The Hall–Kier alpha value is -2.07. The summed E-state index contributed by atoms with van der Waals surface area (Å²) in [6, 6.07) is 12.5. The SMILES string of the molecule is COc1cc(C)c2nc(NCc3ccccc3)sc2c1C(C)C. The molecule has 0 spiro atoms. The van der Waals surface area contributed by atoms with E-state index in [1.807, 2.05) is 6.07 Å². The summed E-state index contributed by atoms with van der Waals surface area (Å²) >= 11 is 1.71. The smallest absolute Gasteiger partial charge is 0.184 e. The molecule has 2 aromatic carbocycles. The summed E-state index contributed by atoms with van der Waals surface area (Å²) in [5, 5.41) is 4.41. The van der Waals surface area contributed by atoms with Gasteiger partial charge in [-0.25, -0.2) is 4.98 Å². The first kappa shape index (κ1) is 15.8. The van der Waals surface area contributed by atoms with Crippen molar-refractivity contribution in [2.75, 3.05) is 12.4 Å². The number of nitrogens with zero attached hydrogens (tertiary/aromatic N) is 1. The highest BCUT2D eigenvalue weighted by Crippen LogP contribution is 2.40. The largest absolute Gasteiger partial charge is 0.496 e. The topological polar surface area (TPSA) is 34.1 Å². The zero-order valence-corrected chi connectivity index (χ0v) is 14.8. The van der Waals surface area contributed by atoms with Crippen LogP contribution in [0.2, 0.25) is 0 Å². The molecular weight excluding hydrogens is 304 g/mol. The molecule has 0 unspecified atom stereocenters. The Kier molecular flexibility index (Phi) is 4.53. The van der Waals surface area contributed by atoms with Crippen LogP contribution in [0.1, 0.15) is 36.5 Å². The molecule has 3 rings (SSSR count). The van der Waals surface area contributed by atoms with Gasteiger partial charge in [0.15, 0.2) is 5.13 Å². The van der Waals surface area contributed by atoms with Crippen molar-refractivity contribution in [2.24, 2.45) is 0 Å². The minimum atomic E-state index is 0.399. The fourth-order valence-electron chi connectivity index (χ4n) is 2.79. The number of rotatable bonds is 5. The van der Waals surface area contributed by atoms with Crippen molar-refractivity contribution in [3.63, 3.8) is 0 Å². The first-order valence-corrected chi connectivity index (χ1v) is 8.67. The van der Waals surface area contributed by atoms with E-state index >= 15 is 0 Å². The molecule has 0 bridgehead atoms. The molecule has 1 aromatic heterocycles. The van der Waals surface area contributed by atoms with Crippen LogP contribution in [-0.2, 0) is 6.54 Å². The molecule has 3 aromatic rings. The number of ether oxygens (including phenoxy) is 1. The van der Waals surface area contributed by atoms with Crippen LogP contribution in [0.25, 0.3) is 10.2 Å². The molecule has 23 heavy (non-hydrogen) atoms. The Balaban J connectivity index is 1.97. The summed E-state index contributed by atoms with van der Waals surface area (Å²) in [4.78, 5) is 4.80. The third-order valence-electron chi connectivity index (χ3n) is 3.94. The van der Waals surface area contributed by atoms with Gasteiger partial charge in [-0.1, -0.05) is 55.5 Å². The number of fused-ring (bicyclic) bond motifs is 1. The molecule has 0 fully saturated rings. The van der Waals surface area contributed by atoms with Crippen molar-refractivity contribution in [3.8, 4) is 5.75 Å². The summed E-state index contributed by atoms with van der Waals surface area (Å²) in [5.74, 6) is 1.36. The number of nitrogens with one attached hydrogen (secondary N) is 1. The second kappa shape index (κ2) is 6.59. The van der Waals surface area contributed by atoms with Gasteiger partial charge in [0.2, 0.25) is 0 Å². The minimum Gasteiger partial charge on any atom is -0.496 e. The van der Waals surface area contributed by atoms with Crippen molar-refractivity contribution < 1.29 is 4.74 Å². The molecule has 1 heterocycles. The summed E-state index contributed by atoms with van der Waals surface area (Å²) in [6.45, 7) is 7.27. The maximum absolute atomic E-state index is 5.59. The minimum absolute atomic E-state index is 0.399. The molecule has 0 saturated heterocycles. The number of benzene rings is 2. The van der Waals surface area contributed by atoms with Crippen LogP contribution >= 0.6 is 11.3 Å². The average molecular weight is 326 g/mol. The van der Waals surface area contributed by atoms with Gasteiger partial charge in [0.25, 0.3) is 0 Å². The molecule has 0 aliphatic heterocycles. The molecule has 0 radical (unpaired) electrons.